The number of ether oxygens (including phenoxy) is 1. The van der Waals surface area contributed by atoms with E-state index >= 15 is 0 Å². The van der Waals surface area contributed by atoms with Gasteiger partial charge in [-0.2, -0.15) is 0 Å². The number of carbonyl (C=O) groups is 1. The molecule has 0 aliphatic rings. The molecule has 1 heterocycles. The number of hydrogen-bond acceptors (Lipinski definition) is 4. The number of rotatable bonds is 5. The van der Waals surface area contributed by atoms with E-state index in [0.29, 0.717) is 17.6 Å². The zero-order chi connectivity index (χ0) is 19.5. The molecule has 28 heavy (non-hydrogen) atoms. The standard InChI is InChI=1S/C22H19N3O3/c1-28-18-9-8-16-10-15(6-7-17(16)11-18)12-24-21(26)14-25-20-5-3-2-4-19(20)23-13-22(25)27/h2-11,13H,12,14H2,1H3,(H,24,26). The van der Waals surface area contributed by atoms with Gasteiger partial charge in [-0.3, -0.25) is 14.2 Å². The van der Waals surface area contributed by atoms with E-state index in [4.69, 9.17) is 4.74 Å². The SMILES string of the molecule is COc1ccc2cc(CNC(=O)Cn3c(=O)cnc4ccccc43)ccc2c1. The molecule has 0 fully saturated rings. The minimum atomic E-state index is -0.298. The average molecular weight is 373 g/mol. The summed E-state index contributed by atoms with van der Waals surface area (Å²) in [6.07, 6.45) is 1.24. The molecular weight excluding hydrogens is 354 g/mol. The predicted molar refractivity (Wildman–Crippen MR) is 108 cm³/mol. The van der Waals surface area contributed by atoms with Crippen molar-refractivity contribution in [3.8, 4) is 5.75 Å². The van der Waals surface area contributed by atoms with Crippen molar-refractivity contribution < 1.29 is 9.53 Å². The highest BCUT2D eigenvalue weighted by Crippen LogP contribution is 2.21. The quantitative estimate of drug-likeness (QED) is 0.584. The molecule has 3 aromatic carbocycles. The second kappa shape index (κ2) is 7.52. The topological polar surface area (TPSA) is 73.2 Å². The first-order valence-electron chi connectivity index (χ1n) is 8.92. The van der Waals surface area contributed by atoms with Crippen molar-refractivity contribution in [3.63, 3.8) is 0 Å². The Labute approximate surface area is 161 Å². The summed E-state index contributed by atoms with van der Waals surface area (Å²) in [6, 6.07) is 19.1. The first-order valence-corrected chi connectivity index (χ1v) is 8.92. The molecular formula is C22H19N3O3. The Morgan fingerprint density at radius 1 is 1.07 bits per heavy atom. The maximum absolute atomic E-state index is 12.4. The fraction of sp³-hybridized carbons (Fsp3) is 0.136. The number of methoxy groups -OCH3 is 1. The highest BCUT2D eigenvalue weighted by atomic mass is 16.5. The van der Waals surface area contributed by atoms with E-state index in [1.165, 1.54) is 10.8 Å². The summed E-state index contributed by atoms with van der Waals surface area (Å²) in [5, 5.41) is 5.03. The lowest BCUT2D eigenvalue weighted by Gasteiger charge is -2.10. The summed E-state index contributed by atoms with van der Waals surface area (Å²) in [6.45, 7) is 0.339. The van der Waals surface area contributed by atoms with Crippen LogP contribution in [0, 0.1) is 0 Å². The zero-order valence-electron chi connectivity index (χ0n) is 15.4. The molecule has 4 aromatic rings. The third-order valence-electron chi connectivity index (χ3n) is 4.66. The van der Waals surface area contributed by atoms with Gasteiger partial charge in [-0.1, -0.05) is 30.3 Å². The number of fused-ring (bicyclic) bond motifs is 2. The Bertz CT molecular complexity index is 1230. The molecule has 6 heteroatoms. The molecule has 0 saturated heterocycles. The summed E-state index contributed by atoms with van der Waals surface area (Å²) < 4.78 is 6.67. The molecule has 140 valence electrons. The van der Waals surface area contributed by atoms with E-state index in [1.54, 1.807) is 13.2 Å². The molecule has 1 aromatic heterocycles. The maximum Gasteiger partial charge on any atom is 0.269 e. The third-order valence-corrected chi connectivity index (χ3v) is 4.66. The van der Waals surface area contributed by atoms with E-state index in [-0.39, 0.29) is 18.0 Å². The van der Waals surface area contributed by atoms with Crippen LogP contribution in [0.5, 0.6) is 5.75 Å². The summed E-state index contributed by atoms with van der Waals surface area (Å²) in [5.41, 5.74) is 2.01. The first-order chi connectivity index (χ1) is 13.6. The minimum absolute atomic E-state index is 0.0490. The smallest absolute Gasteiger partial charge is 0.269 e. The van der Waals surface area contributed by atoms with Gasteiger partial charge in [0, 0.05) is 6.54 Å². The fourth-order valence-electron chi connectivity index (χ4n) is 3.19. The predicted octanol–water partition coefficient (Wildman–Crippen LogP) is 2.87. The second-order valence-corrected chi connectivity index (χ2v) is 6.50. The number of aromatic nitrogens is 2. The maximum atomic E-state index is 12.4. The van der Waals surface area contributed by atoms with Gasteiger partial charge < -0.3 is 10.1 Å². The molecule has 0 saturated carbocycles. The normalized spacial score (nSPS) is 10.9. The van der Waals surface area contributed by atoms with Gasteiger partial charge in [0.2, 0.25) is 5.91 Å². The molecule has 6 nitrogen and oxygen atoms in total. The summed E-state index contributed by atoms with van der Waals surface area (Å²) >= 11 is 0. The lowest BCUT2D eigenvalue weighted by atomic mass is 10.1. The third kappa shape index (κ3) is 3.57. The van der Waals surface area contributed by atoms with Crippen LogP contribution in [-0.4, -0.2) is 22.6 Å². The fourth-order valence-corrected chi connectivity index (χ4v) is 3.19. The largest absolute Gasteiger partial charge is 0.497 e. The Morgan fingerprint density at radius 2 is 1.86 bits per heavy atom. The summed E-state index contributed by atoms with van der Waals surface area (Å²) in [5.74, 6) is 0.580. The van der Waals surface area contributed by atoms with Crippen LogP contribution in [0.15, 0.2) is 71.7 Å². The van der Waals surface area contributed by atoms with Crippen LogP contribution in [0.3, 0.4) is 0 Å². The van der Waals surface area contributed by atoms with Gasteiger partial charge in [0.15, 0.2) is 0 Å². The lowest BCUT2D eigenvalue weighted by Crippen LogP contribution is -2.32. The van der Waals surface area contributed by atoms with Gasteiger partial charge in [0.05, 0.1) is 24.3 Å². The van der Waals surface area contributed by atoms with Crippen molar-refractivity contribution in [1.82, 2.24) is 14.9 Å². The molecule has 0 spiro atoms. The number of amides is 1. The van der Waals surface area contributed by atoms with Crippen molar-refractivity contribution in [2.24, 2.45) is 0 Å². The van der Waals surface area contributed by atoms with Crippen LogP contribution < -0.4 is 15.6 Å². The number of hydrogen-bond donors (Lipinski definition) is 1. The average Bonchev–Trinajstić information content (AvgIpc) is 2.73. The van der Waals surface area contributed by atoms with E-state index in [0.717, 1.165) is 22.1 Å². The first kappa shape index (κ1) is 17.7. The van der Waals surface area contributed by atoms with Crippen molar-refractivity contribution in [3.05, 3.63) is 82.8 Å². The Hall–Kier alpha value is -3.67. The van der Waals surface area contributed by atoms with Gasteiger partial charge in [-0.15, -0.1) is 0 Å². The number of benzene rings is 3. The second-order valence-electron chi connectivity index (χ2n) is 6.50. The van der Waals surface area contributed by atoms with Gasteiger partial charge >= 0.3 is 0 Å². The molecule has 0 bridgehead atoms. The molecule has 1 amide bonds. The Morgan fingerprint density at radius 3 is 2.71 bits per heavy atom. The molecule has 0 aliphatic heterocycles. The van der Waals surface area contributed by atoms with E-state index in [9.17, 15) is 9.59 Å². The van der Waals surface area contributed by atoms with Crippen LogP contribution in [0.4, 0.5) is 0 Å². The van der Waals surface area contributed by atoms with E-state index in [2.05, 4.69) is 10.3 Å². The van der Waals surface area contributed by atoms with Crippen LogP contribution in [0.2, 0.25) is 0 Å². The van der Waals surface area contributed by atoms with Gasteiger partial charge in [0.25, 0.3) is 5.56 Å². The minimum Gasteiger partial charge on any atom is -0.497 e. The Balaban J connectivity index is 1.49. The number of nitrogens with zero attached hydrogens (tertiary/aromatic N) is 2. The number of nitrogens with one attached hydrogen (secondary N) is 1. The van der Waals surface area contributed by atoms with E-state index < -0.39 is 0 Å². The van der Waals surface area contributed by atoms with Gasteiger partial charge in [0.1, 0.15) is 12.3 Å². The summed E-state index contributed by atoms with van der Waals surface area (Å²) in [4.78, 5) is 28.7. The van der Waals surface area contributed by atoms with Crippen molar-refractivity contribution in [1.29, 1.82) is 0 Å². The zero-order valence-corrected chi connectivity index (χ0v) is 15.4. The van der Waals surface area contributed by atoms with Crippen LogP contribution in [0.1, 0.15) is 5.56 Å². The van der Waals surface area contributed by atoms with E-state index in [1.807, 2.05) is 54.6 Å². The van der Waals surface area contributed by atoms with Crippen molar-refractivity contribution in [2.45, 2.75) is 13.1 Å². The molecule has 0 atom stereocenters. The van der Waals surface area contributed by atoms with Crippen LogP contribution in [0.25, 0.3) is 21.8 Å². The van der Waals surface area contributed by atoms with Crippen LogP contribution in [-0.2, 0) is 17.9 Å². The molecule has 0 unspecified atom stereocenters. The summed E-state index contributed by atoms with van der Waals surface area (Å²) in [7, 11) is 1.64. The lowest BCUT2D eigenvalue weighted by molar-refractivity contribution is -0.121. The molecule has 0 aliphatic carbocycles. The van der Waals surface area contributed by atoms with Gasteiger partial charge in [-0.05, 0) is 46.7 Å². The molecule has 4 rings (SSSR count). The molecule has 0 radical (unpaired) electrons. The monoisotopic (exact) mass is 373 g/mol. The number of carbonyl (C=O) groups excluding carboxylic acids is 1. The van der Waals surface area contributed by atoms with Gasteiger partial charge in [-0.25, -0.2) is 4.98 Å². The van der Waals surface area contributed by atoms with Crippen molar-refractivity contribution in [2.75, 3.05) is 7.11 Å². The highest BCUT2D eigenvalue weighted by Gasteiger charge is 2.09. The Kier molecular flexibility index (Phi) is 4.76. The molecule has 1 N–H and O–H groups in total. The van der Waals surface area contributed by atoms with Crippen molar-refractivity contribution >= 4 is 27.7 Å². The highest BCUT2D eigenvalue weighted by molar-refractivity contribution is 5.85. The number of para-hydroxylation sites is 2. The van der Waals surface area contributed by atoms with Crippen LogP contribution >= 0.6 is 0 Å².